The Hall–Kier alpha value is -1.94. The Balaban J connectivity index is 2.02. The molecule has 19 heavy (non-hydrogen) atoms. The number of anilines is 1. The van der Waals surface area contributed by atoms with Crippen molar-refractivity contribution >= 4 is 5.69 Å². The molecule has 0 amide bonds. The number of aryl methyl sites for hydroxylation is 1. The molecule has 2 aromatic rings. The number of nitrogens with zero attached hydrogens (tertiary/aromatic N) is 1. The van der Waals surface area contributed by atoms with Crippen LogP contribution in [0.3, 0.4) is 0 Å². The van der Waals surface area contributed by atoms with Crippen LogP contribution >= 0.6 is 0 Å². The van der Waals surface area contributed by atoms with Crippen LogP contribution in [-0.2, 0) is 4.74 Å². The normalized spacial score (nSPS) is 15.9. The lowest BCUT2D eigenvalue weighted by molar-refractivity contribution is 0.122. The Kier molecular flexibility index (Phi) is 2.95. The molecule has 0 bridgehead atoms. The highest BCUT2D eigenvalue weighted by atomic mass is 16.5. The van der Waals surface area contributed by atoms with Crippen molar-refractivity contribution in [2.45, 2.75) is 6.92 Å². The van der Waals surface area contributed by atoms with E-state index in [4.69, 9.17) is 4.74 Å². The molecule has 1 fully saturated rings. The summed E-state index contributed by atoms with van der Waals surface area (Å²) in [5.41, 5.74) is 2.36. The smallest absolute Gasteiger partial charge is 0.250 e. The second-order valence-corrected chi connectivity index (χ2v) is 4.85. The number of hydrogen-bond donors (Lipinski definition) is 0. The second kappa shape index (κ2) is 4.63. The van der Waals surface area contributed by atoms with E-state index in [1.54, 1.807) is 0 Å². The Labute approximate surface area is 110 Å². The summed E-state index contributed by atoms with van der Waals surface area (Å²) >= 11 is 0. The van der Waals surface area contributed by atoms with Crippen LogP contribution in [0.15, 0.2) is 33.9 Å². The topological polar surface area (TPSA) is 46.6 Å². The first kappa shape index (κ1) is 12.1. The third kappa shape index (κ3) is 1.98. The van der Waals surface area contributed by atoms with Gasteiger partial charge in [0.2, 0.25) is 10.9 Å². The zero-order valence-corrected chi connectivity index (χ0v) is 10.8. The van der Waals surface area contributed by atoms with Gasteiger partial charge in [-0.05, 0) is 12.5 Å². The average Bonchev–Trinajstić information content (AvgIpc) is 2.46. The van der Waals surface area contributed by atoms with Crippen LogP contribution in [0.5, 0.6) is 0 Å². The number of ether oxygens (including phenoxy) is 1. The quantitative estimate of drug-likeness (QED) is 0.756. The molecule has 1 aliphatic rings. The molecule has 4 heteroatoms. The van der Waals surface area contributed by atoms with Crippen LogP contribution in [0.25, 0.3) is 11.1 Å². The molecule has 0 aliphatic carbocycles. The van der Waals surface area contributed by atoms with Crippen molar-refractivity contribution in [1.29, 1.82) is 0 Å². The zero-order valence-electron chi connectivity index (χ0n) is 10.8. The fourth-order valence-corrected chi connectivity index (χ4v) is 2.46. The summed E-state index contributed by atoms with van der Waals surface area (Å²) in [5, 5.41) is 0. The van der Waals surface area contributed by atoms with Crippen molar-refractivity contribution in [3.63, 3.8) is 0 Å². The van der Waals surface area contributed by atoms with Crippen LogP contribution in [0.2, 0.25) is 0 Å². The molecule has 1 saturated heterocycles. The summed E-state index contributed by atoms with van der Waals surface area (Å²) in [6.45, 7) is 4.54. The first-order valence-electron chi connectivity index (χ1n) is 6.41. The van der Waals surface area contributed by atoms with Gasteiger partial charge in [0.15, 0.2) is 0 Å². The van der Waals surface area contributed by atoms with Gasteiger partial charge in [0, 0.05) is 13.1 Å². The molecular formula is C15H15NO3. The largest absolute Gasteiger partial charge is 0.378 e. The standard InChI is InChI=1S/C15H15NO3/c1-10-2-4-11(5-3-10)12-13(15(18)14(12)17)16-6-8-19-9-7-16/h2-5H,6-9H2,1H3. The van der Waals surface area contributed by atoms with E-state index in [9.17, 15) is 9.59 Å². The lowest BCUT2D eigenvalue weighted by Gasteiger charge is -2.30. The monoisotopic (exact) mass is 257 g/mol. The van der Waals surface area contributed by atoms with Crippen LogP contribution in [-0.4, -0.2) is 26.3 Å². The molecule has 4 nitrogen and oxygen atoms in total. The molecule has 0 atom stereocenters. The molecule has 1 heterocycles. The molecule has 2 aromatic carbocycles. The third-order valence-corrected chi connectivity index (χ3v) is 3.55. The van der Waals surface area contributed by atoms with Crippen molar-refractivity contribution < 1.29 is 4.74 Å². The number of hydrogen-bond acceptors (Lipinski definition) is 4. The molecule has 1 aliphatic heterocycles. The Bertz CT molecular complexity index is 660. The van der Waals surface area contributed by atoms with Gasteiger partial charge in [-0.25, -0.2) is 0 Å². The van der Waals surface area contributed by atoms with Crippen molar-refractivity contribution in [3.05, 3.63) is 50.3 Å². The van der Waals surface area contributed by atoms with E-state index >= 15 is 0 Å². The maximum absolute atomic E-state index is 11.8. The predicted molar refractivity (Wildman–Crippen MR) is 74.6 cm³/mol. The van der Waals surface area contributed by atoms with E-state index in [0.29, 0.717) is 37.6 Å². The molecule has 0 N–H and O–H groups in total. The molecule has 0 aromatic heterocycles. The van der Waals surface area contributed by atoms with E-state index in [1.807, 2.05) is 36.1 Å². The molecule has 98 valence electrons. The zero-order chi connectivity index (χ0) is 13.4. The number of rotatable bonds is 2. The maximum Gasteiger partial charge on any atom is 0.250 e. The lowest BCUT2D eigenvalue weighted by atomic mass is 9.96. The van der Waals surface area contributed by atoms with Crippen molar-refractivity contribution in [2.75, 3.05) is 31.2 Å². The average molecular weight is 257 g/mol. The van der Waals surface area contributed by atoms with E-state index in [-0.39, 0.29) is 10.9 Å². The maximum atomic E-state index is 11.8. The molecule has 0 spiro atoms. The van der Waals surface area contributed by atoms with Gasteiger partial charge in [-0.15, -0.1) is 0 Å². The van der Waals surface area contributed by atoms with E-state index < -0.39 is 0 Å². The van der Waals surface area contributed by atoms with Gasteiger partial charge >= 0.3 is 0 Å². The highest BCUT2D eigenvalue weighted by Crippen LogP contribution is 2.27. The van der Waals surface area contributed by atoms with Crippen molar-refractivity contribution in [3.8, 4) is 11.1 Å². The highest BCUT2D eigenvalue weighted by Gasteiger charge is 2.27. The van der Waals surface area contributed by atoms with Gasteiger partial charge in [0.05, 0.1) is 18.8 Å². The predicted octanol–water partition coefficient (Wildman–Crippen LogP) is 1.09. The first-order chi connectivity index (χ1) is 9.18. The third-order valence-electron chi connectivity index (χ3n) is 3.55. The van der Waals surface area contributed by atoms with Crippen LogP contribution in [0.4, 0.5) is 5.69 Å². The van der Waals surface area contributed by atoms with E-state index in [2.05, 4.69) is 0 Å². The first-order valence-corrected chi connectivity index (χ1v) is 6.41. The fourth-order valence-electron chi connectivity index (χ4n) is 2.46. The van der Waals surface area contributed by atoms with Crippen LogP contribution in [0.1, 0.15) is 5.56 Å². The molecule has 0 radical (unpaired) electrons. The minimum atomic E-state index is -0.370. The summed E-state index contributed by atoms with van der Waals surface area (Å²) in [7, 11) is 0. The van der Waals surface area contributed by atoms with Gasteiger partial charge in [-0.3, -0.25) is 9.59 Å². The minimum absolute atomic E-state index is 0.363. The SMILES string of the molecule is Cc1ccc(-c2c(N3CCOCC3)c(=O)c2=O)cc1. The fraction of sp³-hybridized carbons (Fsp3) is 0.333. The minimum Gasteiger partial charge on any atom is -0.378 e. The van der Waals surface area contributed by atoms with Gasteiger partial charge in [0.25, 0.3) is 0 Å². The Morgan fingerprint density at radius 1 is 1.00 bits per heavy atom. The summed E-state index contributed by atoms with van der Waals surface area (Å²) in [4.78, 5) is 25.6. The lowest BCUT2D eigenvalue weighted by Crippen LogP contribution is -2.46. The van der Waals surface area contributed by atoms with E-state index in [1.165, 1.54) is 0 Å². The van der Waals surface area contributed by atoms with E-state index in [0.717, 1.165) is 11.1 Å². The van der Waals surface area contributed by atoms with Gasteiger partial charge < -0.3 is 9.64 Å². The van der Waals surface area contributed by atoms with Crippen LogP contribution < -0.4 is 15.8 Å². The summed E-state index contributed by atoms with van der Waals surface area (Å²) in [6, 6.07) is 7.70. The molecular weight excluding hydrogens is 242 g/mol. The highest BCUT2D eigenvalue weighted by molar-refractivity contribution is 5.82. The molecule has 0 unspecified atom stereocenters. The van der Waals surface area contributed by atoms with Crippen molar-refractivity contribution in [1.82, 2.24) is 0 Å². The summed E-state index contributed by atoms with van der Waals surface area (Å²) in [6.07, 6.45) is 0. The van der Waals surface area contributed by atoms with Gasteiger partial charge in [-0.1, -0.05) is 29.8 Å². The Morgan fingerprint density at radius 3 is 2.26 bits per heavy atom. The molecule has 0 saturated carbocycles. The van der Waals surface area contributed by atoms with Gasteiger partial charge in [-0.2, -0.15) is 0 Å². The van der Waals surface area contributed by atoms with Gasteiger partial charge in [0.1, 0.15) is 5.69 Å². The number of benzene rings is 1. The Morgan fingerprint density at radius 2 is 1.63 bits per heavy atom. The van der Waals surface area contributed by atoms with Crippen molar-refractivity contribution in [2.24, 2.45) is 0 Å². The molecule has 3 rings (SSSR count). The summed E-state index contributed by atoms with van der Waals surface area (Å²) < 4.78 is 5.28. The number of morpholine rings is 1. The van der Waals surface area contributed by atoms with Crippen LogP contribution in [0, 0.1) is 6.92 Å². The second-order valence-electron chi connectivity index (χ2n) is 4.85. The summed E-state index contributed by atoms with van der Waals surface area (Å²) in [5.74, 6) is 0.